The molecular formula is C74H50F14N2O5. The maximum absolute atomic E-state index is 14.9. The van der Waals surface area contributed by atoms with E-state index in [1.165, 1.54) is 91.0 Å². The van der Waals surface area contributed by atoms with E-state index < -0.39 is 121 Å². The summed E-state index contributed by atoms with van der Waals surface area (Å²) in [5.41, 5.74) is -0.0418. The monoisotopic (exact) mass is 1310 g/mol. The molecule has 0 unspecified atom stereocenters. The lowest BCUT2D eigenvalue weighted by Crippen LogP contribution is -2.07. The van der Waals surface area contributed by atoms with Crippen molar-refractivity contribution in [2.75, 3.05) is 0 Å². The summed E-state index contributed by atoms with van der Waals surface area (Å²) in [5, 5.41) is 35.3. The molecule has 10 rings (SSSR count). The van der Waals surface area contributed by atoms with Crippen LogP contribution in [0.3, 0.4) is 0 Å². The van der Waals surface area contributed by atoms with Crippen LogP contribution in [-0.2, 0) is 22.4 Å². The summed E-state index contributed by atoms with van der Waals surface area (Å²) >= 11 is 0. The molecule has 0 aliphatic rings. The topological polar surface area (TPSA) is 131 Å². The van der Waals surface area contributed by atoms with Crippen LogP contribution >= 0.6 is 0 Å². The Hall–Kier alpha value is -11.1. The molecule has 0 spiro atoms. The maximum atomic E-state index is 14.9. The molecule has 7 nitrogen and oxygen atoms in total. The summed E-state index contributed by atoms with van der Waals surface area (Å²) in [7, 11) is 0. The second-order valence-electron chi connectivity index (χ2n) is 21.4. The van der Waals surface area contributed by atoms with Crippen LogP contribution in [-0.4, -0.2) is 22.2 Å². The molecule has 0 aliphatic carbocycles. The van der Waals surface area contributed by atoms with Crippen molar-refractivity contribution in [3.8, 4) is 90.4 Å². The molecule has 21 heteroatoms. The van der Waals surface area contributed by atoms with Gasteiger partial charge in [0.15, 0.2) is 23.3 Å². The van der Waals surface area contributed by atoms with E-state index in [4.69, 9.17) is 20.4 Å². The first-order valence-corrected chi connectivity index (χ1v) is 29.0. The number of carboxylic acid groups (broad SMARTS) is 1. The van der Waals surface area contributed by atoms with E-state index in [1.807, 2.05) is 0 Å². The number of nitrogens with zero attached hydrogens (tertiary/aromatic N) is 2. The average Bonchev–Trinajstić information content (AvgIpc) is 0.815. The molecule has 0 aliphatic heterocycles. The van der Waals surface area contributed by atoms with Gasteiger partial charge in [0.25, 0.3) is 0 Å². The van der Waals surface area contributed by atoms with Crippen molar-refractivity contribution < 1.29 is 86.0 Å². The third kappa shape index (κ3) is 18.2. The van der Waals surface area contributed by atoms with Crippen LogP contribution in [0.1, 0.15) is 73.6 Å². The fourth-order valence-corrected chi connectivity index (χ4v) is 10.0. The second kappa shape index (κ2) is 32.0. The number of carbonyl (C=O) groups is 2. The number of nitriles is 2. The van der Waals surface area contributed by atoms with Crippen LogP contribution in [0.15, 0.2) is 170 Å². The van der Waals surface area contributed by atoms with Gasteiger partial charge in [-0.2, -0.15) is 10.5 Å². The number of aromatic hydroxyl groups is 1. The fraction of sp³-hybridized carbons (Fsp3) is 0.135. The molecule has 0 heterocycles. The van der Waals surface area contributed by atoms with Gasteiger partial charge >= 0.3 is 11.9 Å². The lowest BCUT2D eigenvalue weighted by Gasteiger charge is -2.11. The first-order chi connectivity index (χ1) is 45.4. The van der Waals surface area contributed by atoms with Crippen LogP contribution in [0.4, 0.5) is 61.5 Å². The van der Waals surface area contributed by atoms with Gasteiger partial charge in [0, 0.05) is 24.0 Å². The van der Waals surface area contributed by atoms with Crippen LogP contribution < -0.4 is 4.74 Å². The Bertz CT molecular complexity index is 4480. The molecule has 0 amide bonds. The average molecular weight is 1310 g/mol. The summed E-state index contributed by atoms with van der Waals surface area (Å²) in [5.74, 6) is -15.2. The molecular weight excluding hydrogens is 1260 g/mol. The zero-order valence-electron chi connectivity index (χ0n) is 49.5. The highest BCUT2D eigenvalue weighted by molar-refractivity contribution is 5.76. The van der Waals surface area contributed by atoms with Gasteiger partial charge in [-0.05, 0) is 203 Å². The number of rotatable bonds is 19. The quantitative estimate of drug-likeness (QED) is 0.0357. The van der Waals surface area contributed by atoms with Gasteiger partial charge in [0.2, 0.25) is 0 Å². The highest BCUT2D eigenvalue weighted by Gasteiger charge is 2.22. The van der Waals surface area contributed by atoms with E-state index >= 15 is 0 Å². The van der Waals surface area contributed by atoms with Crippen molar-refractivity contribution in [3.63, 3.8) is 0 Å². The van der Waals surface area contributed by atoms with E-state index in [1.54, 1.807) is 18.2 Å². The van der Waals surface area contributed by atoms with Crippen molar-refractivity contribution in [1.29, 1.82) is 10.5 Å². The smallest absolute Gasteiger partial charge is 0.311 e. The normalized spacial score (nSPS) is 10.8. The summed E-state index contributed by atoms with van der Waals surface area (Å²) in [6.07, 6.45) is 5.46. The van der Waals surface area contributed by atoms with E-state index in [0.717, 1.165) is 72.5 Å². The number of hydrogen-bond donors (Lipinski definition) is 2. The minimum Gasteiger partial charge on any atom is -0.508 e. The molecule has 10 aromatic rings. The number of aryl methyl sites for hydroxylation is 2. The van der Waals surface area contributed by atoms with Gasteiger partial charge in [-0.3, -0.25) is 9.59 Å². The Kier molecular flexibility index (Phi) is 23.5. The number of benzene rings is 10. The number of carbonyl (C=O) groups excluding carboxylic acids is 1. The Morgan fingerprint density at radius 3 is 1.04 bits per heavy atom. The van der Waals surface area contributed by atoms with Crippen molar-refractivity contribution >= 4 is 11.9 Å². The van der Waals surface area contributed by atoms with Crippen molar-refractivity contribution in [2.45, 2.75) is 64.2 Å². The van der Waals surface area contributed by atoms with E-state index in [2.05, 4.69) is 0 Å². The van der Waals surface area contributed by atoms with Crippen molar-refractivity contribution in [1.82, 2.24) is 0 Å². The number of unbranched alkanes of at least 4 members (excludes halogenated alkanes) is 4. The minimum atomic E-state index is -1.24. The predicted molar refractivity (Wildman–Crippen MR) is 327 cm³/mol. The van der Waals surface area contributed by atoms with Crippen molar-refractivity contribution in [2.24, 2.45) is 0 Å². The first-order valence-electron chi connectivity index (χ1n) is 29.0. The lowest BCUT2D eigenvalue weighted by atomic mass is 9.97. The molecule has 0 radical (unpaired) electrons. The van der Waals surface area contributed by atoms with Gasteiger partial charge < -0.3 is 14.9 Å². The standard InChI is InChI=1S/C37H24F7NO2.C19H9F4NO.C18H17F3O2/c38-29-13-9-23(15-33(29)42)27-12-6-21(14-30(27)39)4-2-1-3-5-36(46)47-26-10-7-22(8-11-26)24-16-34(43)37(35(44)17-24)25-18-31(40)28(20-45)32(41)19-25;20-15-7-12(8-16(21)14(15)9-24)19-17(22)5-11(6-18(19)23)10-1-3-13(25)4-2-10;19-15-9-7-13(11-17(15)21)14-8-6-12(10-16(14)20)4-2-1-3-5-18(22)23/h6-19H,1-5H2;1-8,25H;6-11H,1-5H2,(H,22,23). The summed E-state index contributed by atoms with van der Waals surface area (Å²) < 4.78 is 201. The molecule has 0 bridgehead atoms. The zero-order chi connectivity index (χ0) is 68.6. The Balaban J connectivity index is 0.000000202. The highest BCUT2D eigenvalue weighted by atomic mass is 19.2. The number of esters is 1. The van der Waals surface area contributed by atoms with E-state index in [9.17, 15) is 76.2 Å². The number of aliphatic carboxylic acids is 1. The Labute approximate surface area is 534 Å². The minimum absolute atomic E-state index is 0.00449. The molecule has 10 aromatic carbocycles. The van der Waals surface area contributed by atoms with Gasteiger partial charge in [0.1, 0.15) is 92.9 Å². The van der Waals surface area contributed by atoms with Crippen LogP contribution in [0, 0.1) is 104 Å². The molecule has 0 saturated heterocycles. The highest BCUT2D eigenvalue weighted by Crippen LogP contribution is 2.36. The first kappa shape index (κ1) is 69.8. The fourth-order valence-electron chi connectivity index (χ4n) is 10.0. The van der Waals surface area contributed by atoms with E-state index in [-0.39, 0.29) is 63.3 Å². The molecule has 2 N–H and O–H groups in total. The van der Waals surface area contributed by atoms with Gasteiger partial charge in [-0.1, -0.05) is 73.5 Å². The number of phenolic OH excluding ortho intramolecular Hbond substituents is 1. The molecule has 0 atom stereocenters. The van der Waals surface area contributed by atoms with Crippen LogP contribution in [0.5, 0.6) is 11.5 Å². The molecule has 95 heavy (non-hydrogen) atoms. The summed E-state index contributed by atoms with van der Waals surface area (Å²) in [4.78, 5) is 22.7. The largest absolute Gasteiger partial charge is 0.508 e. The molecule has 0 saturated carbocycles. The predicted octanol–water partition coefficient (Wildman–Crippen LogP) is 20.4. The SMILES string of the molecule is N#Cc1c(F)cc(-c2c(F)cc(-c3ccc(O)cc3)cc2F)cc1F.N#Cc1c(F)cc(-c2c(F)cc(-c3ccc(OC(=O)CCCCCc4ccc(-c5ccc(F)c(F)c5)c(F)c4)cc3)cc2F)cc1F.O=C(O)CCCCCc1ccc(-c2ccc(F)c(F)c2)c(F)c1. The number of carboxylic acids is 1. The number of halogens is 14. The Morgan fingerprint density at radius 1 is 0.337 bits per heavy atom. The zero-order valence-corrected chi connectivity index (χ0v) is 49.5. The number of phenols is 1. The lowest BCUT2D eigenvalue weighted by molar-refractivity contribution is -0.137. The third-order valence-corrected chi connectivity index (χ3v) is 14.8. The van der Waals surface area contributed by atoms with Crippen molar-refractivity contribution in [3.05, 3.63) is 274 Å². The molecule has 0 fully saturated rings. The number of ether oxygens (including phenoxy) is 1. The van der Waals surface area contributed by atoms with Gasteiger partial charge in [-0.15, -0.1) is 0 Å². The molecule has 484 valence electrons. The van der Waals surface area contributed by atoms with E-state index in [0.29, 0.717) is 73.9 Å². The van der Waals surface area contributed by atoms with Crippen LogP contribution in [0.25, 0.3) is 66.8 Å². The molecule has 0 aromatic heterocycles. The van der Waals surface area contributed by atoms with Gasteiger partial charge in [-0.25, -0.2) is 61.5 Å². The third-order valence-electron chi connectivity index (χ3n) is 14.8. The van der Waals surface area contributed by atoms with Gasteiger partial charge in [0.05, 0.1) is 11.1 Å². The number of hydrogen-bond acceptors (Lipinski definition) is 6. The second-order valence-corrected chi connectivity index (χ2v) is 21.4. The Morgan fingerprint density at radius 2 is 0.684 bits per heavy atom. The maximum Gasteiger partial charge on any atom is 0.311 e. The van der Waals surface area contributed by atoms with Crippen LogP contribution in [0.2, 0.25) is 0 Å². The summed E-state index contributed by atoms with van der Waals surface area (Å²) in [6, 6.07) is 36.9. The summed E-state index contributed by atoms with van der Waals surface area (Å²) in [6.45, 7) is 0.